The van der Waals surface area contributed by atoms with Gasteiger partial charge < -0.3 is 15.5 Å². The third-order valence-corrected chi connectivity index (χ3v) is 5.06. The summed E-state index contributed by atoms with van der Waals surface area (Å²) < 4.78 is 0. The van der Waals surface area contributed by atoms with E-state index in [1.54, 1.807) is 0 Å². The zero-order valence-corrected chi connectivity index (χ0v) is 16.6. The molecule has 4 heteroatoms. The number of benzene rings is 2. The van der Waals surface area contributed by atoms with Crippen molar-refractivity contribution < 1.29 is 0 Å². The first-order chi connectivity index (χ1) is 13.1. The van der Waals surface area contributed by atoms with Crippen LogP contribution in [0, 0.1) is 0 Å². The molecule has 0 spiro atoms. The van der Waals surface area contributed by atoms with Crippen LogP contribution in [0.25, 0.3) is 0 Å². The summed E-state index contributed by atoms with van der Waals surface area (Å²) in [6, 6.07) is 19.3. The van der Waals surface area contributed by atoms with Crippen LogP contribution in [0.4, 0.5) is 5.69 Å². The fraction of sp³-hybridized carbons (Fsp3) is 0.348. The first-order valence-electron chi connectivity index (χ1n) is 9.57. The molecule has 0 aromatic heterocycles. The van der Waals surface area contributed by atoms with Crippen LogP contribution in [0.5, 0.6) is 0 Å². The van der Waals surface area contributed by atoms with Gasteiger partial charge in [-0.3, -0.25) is 4.99 Å². The molecule has 3 rings (SSSR count). The second-order valence-electron chi connectivity index (χ2n) is 7.57. The van der Waals surface area contributed by atoms with Gasteiger partial charge >= 0.3 is 0 Å². The molecule has 1 aliphatic heterocycles. The van der Waals surface area contributed by atoms with Gasteiger partial charge in [0.05, 0.1) is 0 Å². The number of nitrogens with one attached hydrogen (secondary N) is 2. The van der Waals surface area contributed by atoms with Crippen molar-refractivity contribution in [3.05, 3.63) is 77.9 Å². The van der Waals surface area contributed by atoms with Crippen LogP contribution < -0.4 is 15.5 Å². The van der Waals surface area contributed by atoms with Gasteiger partial charge in [-0.1, -0.05) is 68.5 Å². The predicted molar refractivity (Wildman–Crippen MR) is 115 cm³/mol. The first kappa shape index (κ1) is 19.0. The summed E-state index contributed by atoms with van der Waals surface area (Å²) in [4.78, 5) is 6.71. The minimum atomic E-state index is 0.0320. The van der Waals surface area contributed by atoms with E-state index in [9.17, 15) is 0 Å². The Bertz CT molecular complexity index is 768. The van der Waals surface area contributed by atoms with Crippen molar-refractivity contribution in [1.29, 1.82) is 0 Å². The molecule has 0 bridgehead atoms. The summed E-state index contributed by atoms with van der Waals surface area (Å²) in [5.74, 6) is 0.826. The van der Waals surface area contributed by atoms with Crippen LogP contribution in [0.1, 0.15) is 25.0 Å². The van der Waals surface area contributed by atoms with Crippen molar-refractivity contribution in [3.63, 3.8) is 0 Å². The highest BCUT2D eigenvalue weighted by Crippen LogP contribution is 2.21. The number of anilines is 1. The van der Waals surface area contributed by atoms with E-state index in [0.29, 0.717) is 0 Å². The monoisotopic (exact) mass is 362 g/mol. The van der Waals surface area contributed by atoms with E-state index < -0.39 is 0 Å². The Kier molecular flexibility index (Phi) is 6.17. The van der Waals surface area contributed by atoms with E-state index in [0.717, 1.165) is 32.1 Å². The highest BCUT2D eigenvalue weighted by Gasteiger charge is 2.20. The Morgan fingerprint density at radius 2 is 1.63 bits per heavy atom. The summed E-state index contributed by atoms with van der Waals surface area (Å²) in [6.45, 7) is 8.07. The minimum absolute atomic E-state index is 0.0320. The molecule has 1 aliphatic rings. The minimum Gasteiger partial charge on any atom is -0.364 e. The number of rotatable bonds is 6. The standard InChI is InChI=1S/C23H30N4/c1-23(2,20-9-5-4-6-10-20)18-26-22(24-3)25-17-19-11-13-21(14-12-19)27-15-7-8-16-27/h4-14H,15-18H2,1-3H3,(H2,24,25,26). The van der Waals surface area contributed by atoms with Gasteiger partial charge in [-0.2, -0.15) is 0 Å². The second-order valence-corrected chi connectivity index (χ2v) is 7.57. The van der Waals surface area contributed by atoms with E-state index in [-0.39, 0.29) is 5.41 Å². The lowest BCUT2D eigenvalue weighted by Crippen LogP contribution is -2.43. The molecule has 0 saturated carbocycles. The van der Waals surface area contributed by atoms with Crippen LogP contribution in [-0.2, 0) is 12.0 Å². The Morgan fingerprint density at radius 3 is 2.26 bits per heavy atom. The number of hydrogen-bond donors (Lipinski definition) is 2. The maximum absolute atomic E-state index is 4.36. The van der Waals surface area contributed by atoms with Gasteiger partial charge in [0.2, 0.25) is 0 Å². The highest BCUT2D eigenvalue weighted by atomic mass is 15.2. The molecular formula is C23H30N4. The molecule has 0 fully saturated rings. The van der Waals surface area contributed by atoms with Gasteiger partial charge in [0.1, 0.15) is 0 Å². The zero-order valence-electron chi connectivity index (χ0n) is 16.6. The summed E-state index contributed by atoms with van der Waals surface area (Å²) in [6.07, 6.45) is 4.42. The molecule has 2 aromatic rings. The number of guanidine groups is 1. The molecular weight excluding hydrogens is 332 g/mol. The molecule has 2 aromatic carbocycles. The van der Waals surface area contributed by atoms with Crippen molar-refractivity contribution >= 4 is 11.6 Å². The van der Waals surface area contributed by atoms with Crippen molar-refractivity contribution in [1.82, 2.24) is 10.6 Å². The number of hydrogen-bond acceptors (Lipinski definition) is 2. The fourth-order valence-electron chi connectivity index (χ4n) is 3.22. The van der Waals surface area contributed by atoms with Crippen molar-refractivity contribution in [2.45, 2.75) is 25.8 Å². The largest absolute Gasteiger partial charge is 0.364 e. The van der Waals surface area contributed by atoms with Crippen LogP contribution >= 0.6 is 0 Å². The highest BCUT2D eigenvalue weighted by molar-refractivity contribution is 5.79. The molecule has 0 atom stereocenters. The Balaban J connectivity index is 1.50. The lowest BCUT2D eigenvalue weighted by Gasteiger charge is -2.26. The van der Waals surface area contributed by atoms with E-state index in [1.165, 1.54) is 16.8 Å². The average Bonchev–Trinajstić information content (AvgIpc) is 3.24. The molecule has 0 saturated heterocycles. The lowest BCUT2D eigenvalue weighted by molar-refractivity contribution is 0.508. The van der Waals surface area contributed by atoms with Gasteiger partial charge in [-0.25, -0.2) is 0 Å². The summed E-state index contributed by atoms with van der Waals surface area (Å²) in [7, 11) is 1.81. The molecule has 0 aliphatic carbocycles. The van der Waals surface area contributed by atoms with Crippen molar-refractivity contribution in [2.24, 2.45) is 4.99 Å². The first-order valence-corrected chi connectivity index (χ1v) is 9.57. The molecule has 27 heavy (non-hydrogen) atoms. The van der Waals surface area contributed by atoms with E-state index in [4.69, 9.17) is 0 Å². The van der Waals surface area contributed by atoms with Crippen LogP contribution in [0.2, 0.25) is 0 Å². The van der Waals surface area contributed by atoms with Crippen LogP contribution in [-0.4, -0.2) is 32.6 Å². The van der Waals surface area contributed by atoms with Gasteiger partial charge in [0.15, 0.2) is 5.96 Å². The molecule has 4 nitrogen and oxygen atoms in total. The van der Waals surface area contributed by atoms with Gasteiger partial charge in [0, 0.05) is 44.3 Å². The molecule has 0 radical (unpaired) electrons. The van der Waals surface area contributed by atoms with Gasteiger partial charge in [-0.05, 0) is 23.3 Å². The van der Waals surface area contributed by atoms with E-state index in [1.807, 2.05) is 7.05 Å². The van der Waals surface area contributed by atoms with Crippen LogP contribution in [0.3, 0.4) is 0 Å². The van der Waals surface area contributed by atoms with E-state index >= 15 is 0 Å². The smallest absolute Gasteiger partial charge is 0.191 e. The molecule has 1 heterocycles. The SMILES string of the molecule is CN=C(NCc1ccc(N2CC=CC2)cc1)NCC(C)(C)c1ccccc1. The zero-order chi connectivity index (χ0) is 19.1. The van der Waals surface area contributed by atoms with Gasteiger partial charge in [0.25, 0.3) is 0 Å². The van der Waals surface area contributed by atoms with Crippen LogP contribution in [0.15, 0.2) is 71.7 Å². The summed E-state index contributed by atoms with van der Waals surface area (Å²) in [5, 5.41) is 6.87. The maximum Gasteiger partial charge on any atom is 0.191 e. The molecule has 0 amide bonds. The summed E-state index contributed by atoms with van der Waals surface area (Å²) in [5.41, 5.74) is 3.87. The Morgan fingerprint density at radius 1 is 0.963 bits per heavy atom. The topological polar surface area (TPSA) is 39.7 Å². The average molecular weight is 363 g/mol. The maximum atomic E-state index is 4.36. The number of aliphatic imine (C=N–C) groups is 1. The Labute approximate surface area is 163 Å². The third-order valence-electron chi connectivity index (χ3n) is 5.06. The summed E-state index contributed by atoms with van der Waals surface area (Å²) >= 11 is 0. The number of nitrogens with zero attached hydrogens (tertiary/aromatic N) is 2. The molecule has 2 N–H and O–H groups in total. The second kappa shape index (κ2) is 8.76. The van der Waals surface area contributed by atoms with Crippen molar-refractivity contribution in [2.75, 3.05) is 31.6 Å². The normalized spacial score (nSPS) is 14.5. The van der Waals surface area contributed by atoms with Gasteiger partial charge in [-0.15, -0.1) is 0 Å². The molecule has 142 valence electrons. The van der Waals surface area contributed by atoms with E-state index in [2.05, 4.69) is 101 Å². The van der Waals surface area contributed by atoms with Crippen molar-refractivity contribution in [3.8, 4) is 0 Å². The molecule has 0 unspecified atom stereocenters. The fourth-order valence-corrected chi connectivity index (χ4v) is 3.22. The lowest BCUT2D eigenvalue weighted by atomic mass is 9.85. The quantitative estimate of drug-likeness (QED) is 0.468. The predicted octanol–water partition coefficient (Wildman–Crippen LogP) is 3.71. The Hall–Kier alpha value is -2.75. The third kappa shape index (κ3) is 5.13.